The third-order valence-corrected chi connectivity index (χ3v) is 3.43. The van der Waals surface area contributed by atoms with E-state index in [1.165, 1.54) is 5.56 Å². The molecule has 1 aromatic heterocycles. The molecule has 1 heterocycles. The summed E-state index contributed by atoms with van der Waals surface area (Å²) in [6.07, 6.45) is 1.48. The van der Waals surface area contributed by atoms with E-state index in [1.54, 1.807) is 4.68 Å². The Kier molecular flexibility index (Phi) is 3.82. The van der Waals surface area contributed by atoms with Gasteiger partial charge in [-0.05, 0) is 24.5 Å². The highest BCUT2D eigenvalue weighted by Crippen LogP contribution is 2.20. The number of rotatable bonds is 4. The van der Waals surface area contributed by atoms with E-state index in [-0.39, 0.29) is 0 Å². The first kappa shape index (κ1) is 12.8. The second-order valence-electron chi connectivity index (χ2n) is 4.21. The van der Waals surface area contributed by atoms with Gasteiger partial charge < -0.3 is 0 Å². The predicted octanol–water partition coefficient (Wildman–Crippen LogP) is 3.27. The van der Waals surface area contributed by atoms with Gasteiger partial charge in [-0.2, -0.15) is 5.10 Å². The molecule has 2 rings (SSSR count). The first-order valence-electron chi connectivity index (χ1n) is 5.92. The van der Waals surface area contributed by atoms with Crippen molar-refractivity contribution in [1.29, 1.82) is 0 Å². The second kappa shape index (κ2) is 5.36. The molecule has 0 radical (unpaired) electrons. The number of aldehydes is 1. The van der Waals surface area contributed by atoms with E-state index in [9.17, 15) is 4.79 Å². The summed E-state index contributed by atoms with van der Waals surface area (Å²) in [5.41, 5.74) is 3.60. The molecule has 3 nitrogen and oxygen atoms in total. The molecule has 0 aliphatic rings. The fraction of sp³-hybridized carbons (Fsp3) is 0.286. The maximum Gasteiger partial charge on any atom is 0.155 e. The molecule has 2 aromatic rings. The quantitative estimate of drug-likeness (QED) is 0.793. The van der Waals surface area contributed by atoms with Gasteiger partial charge in [0.1, 0.15) is 5.15 Å². The SMILES string of the molecule is CCc1nn(Cc2ccccc2C)c(Cl)c1C=O. The zero-order valence-corrected chi connectivity index (χ0v) is 11.2. The maximum absolute atomic E-state index is 11.0. The Morgan fingerprint density at radius 2 is 2.11 bits per heavy atom. The largest absolute Gasteiger partial charge is 0.298 e. The average Bonchev–Trinajstić information content (AvgIpc) is 2.68. The number of carbonyl (C=O) groups excluding carboxylic acids is 1. The highest BCUT2D eigenvalue weighted by atomic mass is 35.5. The van der Waals surface area contributed by atoms with Crippen molar-refractivity contribution in [2.24, 2.45) is 0 Å². The molecule has 0 bridgehead atoms. The first-order chi connectivity index (χ1) is 8.67. The van der Waals surface area contributed by atoms with Crippen LogP contribution in [-0.2, 0) is 13.0 Å². The molecule has 0 spiro atoms. The average molecular weight is 263 g/mol. The molecule has 1 aromatic carbocycles. The zero-order valence-electron chi connectivity index (χ0n) is 10.5. The fourth-order valence-electron chi connectivity index (χ4n) is 1.93. The number of aromatic nitrogens is 2. The van der Waals surface area contributed by atoms with Gasteiger partial charge in [-0.15, -0.1) is 0 Å². The van der Waals surface area contributed by atoms with E-state index < -0.39 is 0 Å². The van der Waals surface area contributed by atoms with Crippen LogP contribution in [0, 0.1) is 6.92 Å². The zero-order chi connectivity index (χ0) is 13.1. The predicted molar refractivity (Wildman–Crippen MR) is 72.3 cm³/mol. The van der Waals surface area contributed by atoms with Crippen LogP contribution in [0.2, 0.25) is 5.15 Å². The smallest absolute Gasteiger partial charge is 0.155 e. The van der Waals surface area contributed by atoms with E-state index in [0.717, 1.165) is 17.5 Å². The molecule has 0 aliphatic carbocycles. The van der Waals surface area contributed by atoms with Crippen LogP contribution in [-0.4, -0.2) is 16.1 Å². The van der Waals surface area contributed by atoms with Crippen molar-refractivity contribution in [2.45, 2.75) is 26.8 Å². The number of benzene rings is 1. The summed E-state index contributed by atoms with van der Waals surface area (Å²) in [7, 11) is 0. The molecule has 0 saturated carbocycles. The van der Waals surface area contributed by atoms with Crippen molar-refractivity contribution >= 4 is 17.9 Å². The van der Waals surface area contributed by atoms with Crippen molar-refractivity contribution in [3.8, 4) is 0 Å². The van der Waals surface area contributed by atoms with Gasteiger partial charge in [0, 0.05) is 0 Å². The molecular weight excluding hydrogens is 248 g/mol. The number of hydrogen-bond acceptors (Lipinski definition) is 2. The maximum atomic E-state index is 11.0. The van der Waals surface area contributed by atoms with Crippen LogP contribution in [0.1, 0.15) is 34.1 Å². The molecular formula is C14H15ClN2O. The summed E-state index contributed by atoms with van der Waals surface area (Å²) >= 11 is 6.18. The Morgan fingerprint density at radius 1 is 1.39 bits per heavy atom. The third kappa shape index (κ3) is 2.31. The molecule has 0 saturated heterocycles. The fourth-order valence-corrected chi connectivity index (χ4v) is 2.18. The van der Waals surface area contributed by atoms with Gasteiger partial charge >= 0.3 is 0 Å². The molecule has 0 aliphatic heterocycles. The second-order valence-corrected chi connectivity index (χ2v) is 4.56. The van der Waals surface area contributed by atoms with Gasteiger partial charge in [-0.3, -0.25) is 4.79 Å². The topological polar surface area (TPSA) is 34.9 Å². The monoisotopic (exact) mass is 262 g/mol. The van der Waals surface area contributed by atoms with E-state index in [2.05, 4.69) is 5.10 Å². The van der Waals surface area contributed by atoms with Gasteiger partial charge in [0.25, 0.3) is 0 Å². The van der Waals surface area contributed by atoms with Crippen molar-refractivity contribution in [3.63, 3.8) is 0 Å². The minimum atomic E-state index is 0.421. The van der Waals surface area contributed by atoms with Gasteiger partial charge in [0.15, 0.2) is 6.29 Å². The van der Waals surface area contributed by atoms with Gasteiger partial charge in [-0.1, -0.05) is 42.8 Å². The lowest BCUT2D eigenvalue weighted by Gasteiger charge is -2.06. The molecule has 0 unspecified atom stereocenters. The van der Waals surface area contributed by atoms with E-state index in [0.29, 0.717) is 23.7 Å². The Hall–Kier alpha value is -1.61. The molecule has 18 heavy (non-hydrogen) atoms. The standard InChI is InChI=1S/C14H15ClN2O/c1-3-13-12(9-18)14(15)17(16-13)8-11-7-5-4-6-10(11)2/h4-7,9H,3,8H2,1-2H3. The minimum Gasteiger partial charge on any atom is -0.298 e. The number of halogens is 1. The van der Waals surface area contributed by atoms with Crippen LogP contribution >= 0.6 is 11.6 Å². The van der Waals surface area contributed by atoms with Crippen LogP contribution in [0.3, 0.4) is 0 Å². The van der Waals surface area contributed by atoms with E-state index in [1.807, 2.05) is 38.1 Å². The molecule has 0 N–H and O–H groups in total. The summed E-state index contributed by atoms with van der Waals surface area (Å²) < 4.78 is 1.69. The lowest BCUT2D eigenvalue weighted by Crippen LogP contribution is -2.03. The first-order valence-corrected chi connectivity index (χ1v) is 6.30. The number of nitrogens with zero attached hydrogens (tertiary/aromatic N) is 2. The molecule has 94 valence electrons. The summed E-state index contributed by atoms with van der Waals surface area (Å²) in [5.74, 6) is 0. The van der Waals surface area contributed by atoms with Crippen LogP contribution in [0.25, 0.3) is 0 Å². The lowest BCUT2D eigenvalue weighted by atomic mass is 10.1. The highest BCUT2D eigenvalue weighted by Gasteiger charge is 2.14. The Bertz CT molecular complexity index is 575. The molecule has 0 fully saturated rings. The Balaban J connectivity index is 2.38. The lowest BCUT2D eigenvalue weighted by molar-refractivity contribution is 0.112. The third-order valence-electron chi connectivity index (χ3n) is 3.04. The van der Waals surface area contributed by atoms with E-state index in [4.69, 9.17) is 11.6 Å². The summed E-state index contributed by atoms with van der Waals surface area (Å²) in [4.78, 5) is 11.0. The molecule has 4 heteroatoms. The van der Waals surface area contributed by atoms with Crippen molar-refractivity contribution in [3.05, 3.63) is 51.8 Å². The van der Waals surface area contributed by atoms with Crippen LogP contribution < -0.4 is 0 Å². The van der Waals surface area contributed by atoms with Crippen LogP contribution in [0.15, 0.2) is 24.3 Å². The number of hydrogen-bond donors (Lipinski definition) is 0. The van der Waals surface area contributed by atoms with Crippen molar-refractivity contribution in [2.75, 3.05) is 0 Å². The number of aryl methyl sites for hydroxylation is 2. The summed E-state index contributed by atoms with van der Waals surface area (Å²) in [6, 6.07) is 8.08. The molecule has 0 amide bonds. The van der Waals surface area contributed by atoms with Crippen LogP contribution in [0.5, 0.6) is 0 Å². The Labute approximate surface area is 111 Å². The van der Waals surface area contributed by atoms with Crippen molar-refractivity contribution < 1.29 is 4.79 Å². The summed E-state index contributed by atoms with van der Waals surface area (Å²) in [5, 5.41) is 4.81. The van der Waals surface area contributed by atoms with E-state index >= 15 is 0 Å². The number of carbonyl (C=O) groups is 1. The van der Waals surface area contributed by atoms with Crippen LogP contribution in [0.4, 0.5) is 0 Å². The normalized spacial score (nSPS) is 10.6. The van der Waals surface area contributed by atoms with Gasteiger partial charge in [0.2, 0.25) is 0 Å². The minimum absolute atomic E-state index is 0.421. The highest BCUT2D eigenvalue weighted by molar-refractivity contribution is 6.32. The van der Waals surface area contributed by atoms with Crippen molar-refractivity contribution in [1.82, 2.24) is 9.78 Å². The summed E-state index contributed by atoms with van der Waals surface area (Å²) in [6.45, 7) is 4.60. The van der Waals surface area contributed by atoms with Gasteiger partial charge in [0.05, 0.1) is 17.8 Å². The molecule has 0 atom stereocenters. The van der Waals surface area contributed by atoms with Gasteiger partial charge in [-0.25, -0.2) is 4.68 Å². The Morgan fingerprint density at radius 3 is 2.67 bits per heavy atom.